The zero-order valence-electron chi connectivity index (χ0n) is 31.0. The van der Waals surface area contributed by atoms with Gasteiger partial charge in [0.25, 0.3) is 0 Å². The molecule has 12 rings (SSSR count). The lowest BCUT2D eigenvalue weighted by atomic mass is 9.84. The van der Waals surface area contributed by atoms with Crippen molar-refractivity contribution in [2.45, 2.75) is 0 Å². The second-order valence-electron chi connectivity index (χ2n) is 15.1. The summed E-state index contributed by atoms with van der Waals surface area (Å²) in [5.74, 6) is 0. The summed E-state index contributed by atoms with van der Waals surface area (Å²) in [6, 6.07) is 75.0. The summed E-state index contributed by atoms with van der Waals surface area (Å²) in [6.45, 7) is 0. The fraction of sp³-hybridized carbons (Fsp3) is 0. The molecular formula is C56H34O. The fourth-order valence-corrected chi connectivity index (χ4v) is 9.66. The molecule has 0 radical (unpaired) electrons. The molecule has 1 aromatic heterocycles. The van der Waals surface area contributed by atoms with E-state index in [0.717, 1.165) is 33.1 Å². The van der Waals surface area contributed by atoms with Crippen LogP contribution in [-0.2, 0) is 0 Å². The highest BCUT2D eigenvalue weighted by molar-refractivity contribution is 6.26. The molecule has 0 saturated carbocycles. The van der Waals surface area contributed by atoms with E-state index in [9.17, 15) is 0 Å². The Morgan fingerprint density at radius 1 is 0.246 bits per heavy atom. The van der Waals surface area contributed by atoms with E-state index in [1.165, 1.54) is 87.2 Å². The van der Waals surface area contributed by atoms with Gasteiger partial charge < -0.3 is 4.42 Å². The molecule has 0 aliphatic heterocycles. The third-order valence-electron chi connectivity index (χ3n) is 12.0. The Labute approximate surface area is 329 Å². The smallest absolute Gasteiger partial charge is 0.143 e. The van der Waals surface area contributed by atoms with Crippen LogP contribution < -0.4 is 0 Å². The Kier molecular flexibility index (Phi) is 7.00. The van der Waals surface area contributed by atoms with E-state index in [1.807, 2.05) is 0 Å². The third kappa shape index (κ3) is 4.76. The van der Waals surface area contributed by atoms with Crippen LogP contribution in [0.5, 0.6) is 0 Å². The molecule has 0 spiro atoms. The first-order valence-electron chi connectivity index (χ1n) is 19.7. The molecule has 11 aromatic carbocycles. The lowest BCUT2D eigenvalue weighted by molar-refractivity contribution is 0.670. The van der Waals surface area contributed by atoms with E-state index >= 15 is 0 Å². The Bertz CT molecular complexity index is 3450. The van der Waals surface area contributed by atoms with Crippen molar-refractivity contribution in [1.82, 2.24) is 0 Å². The van der Waals surface area contributed by atoms with Gasteiger partial charge in [0.2, 0.25) is 0 Å². The fourth-order valence-electron chi connectivity index (χ4n) is 9.66. The number of benzene rings is 11. The molecule has 0 atom stereocenters. The van der Waals surface area contributed by atoms with E-state index in [4.69, 9.17) is 4.42 Å². The molecule has 1 heterocycles. The molecule has 0 N–H and O–H groups in total. The lowest BCUT2D eigenvalue weighted by Gasteiger charge is -2.18. The average molecular weight is 723 g/mol. The summed E-state index contributed by atoms with van der Waals surface area (Å²) >= 11 is 0. The van der Waals surface area contributed by atoms with Crippen molar-refractivity contribution in [2.75, 3.05) is 0 Å². The van der Waals surface area contributed by atoms with E-state index in [0.29, 0.717) is 0 Å². The lowest BCUT2D eigenvalue weighted by Crippen LogP contribution is -1.91. The van der Waals surface area contributed by atoms with Crippen molar-refractivity contribution in [2.24, 2.45) is 0 Å². The molecular weight excluding hydrogens is 689 g/mol. The monoisotopic (exact) mass is 722 g/mol. The highest BCUT2D eigenvalue weighted by atomic mass is 16.3. The van der Waals surface area contributed by atoms with E-state index in [2.05, 4.69) is 206 Å². The summed E-state index contributed by atoms with van der Waals surface area (Å²) in [5, 5.41) is 14.6. The zero-order valence-corrected chi connectivity index (χ0v) is 31.0. The van der Waals surface area contributed by atoms with Gasteiger partial charge in [-0.2, -0.15) is 0 Å². The van der Waals surface area contributed by atoms with Crippen LogP contribution >= 0.6 is 0 Å². The van der Waals surface area contributed by atoms with Crippen LogP contribution in [0.4, 0.5) is 0 Å². The van der Waals surface area contributed by atoms with Gasteiger partial charge in [0.15, 0.2) is 0 Å². The molecule has 1 nitrogen and oxygen atoms in total. The van der Waals surface area contributed by atoms with Crippen LogP contribution in [0.15, 0.2) is 211 Å². The van der Waals surface area contributed by atoms with Crippen molar-refractivity contribution < 1.29 is 4.42 Å². The van der Waals surface area contributed by atoms with Crippen LogP contribution in [0.3, 0.4) is 0 Å². The molecule has 57 heavy (non-hydrogen) atoms. The SMILES string of the molecule is c1ccc(-c2c3ccccc3c(-c3cccc4c3oc3cc(-c5c6ccccc6c(-c6cccc7ccccc67)c6ccccc56)ccc34)c3ccccc23)cc1. The largest absolute Gasteiger partial charge is 0.455 e. The second-order valence-corrected chi connectivity index (χ2v) is 15.1. The molecule has 0 unspecified atom stereocenters. The van der Waals surface area contributed by atoms with Gasteiger partial charge in [-0.05, 0) is 99.4 Å². The van der Waals surface area contributed by atoms with Crippen LogP contribution in [0, 0.1) is 0 Å². The van der Waals surface area contributed by atoms with Gasteiger partial charge in [0.05, 0.1) is 0 Å². The minimum Gasteiger partial charge on any atom is -0.455 e. The summed E-state index contributed by atoms with van der Waals surface area (Å²) < 4.78 is 7.08. The summed E-state index contributed by atoms with van der Waals surface area (Å²) in [4.78, 5) is 0. The Hall–Kier alpha value is -7.48. The van der Waals surface area contributed by atoms with Crippen molar-refractivity contribution in [3.63, 3.8) is 0 Å². The maximum atomic E-state index is 7.08. The van der Waals surface area contributed by atoms with Crippen LogP contribution in [0.2, 0.25) is 0 Å². The summed E-state index contributed by atoms with van der Waals surface area (Å²) in [7, 11) is 0. The Balaban J connectivity index is 1.11. The Morgan fingerprint density at radius 3 is 1.26 bits per heavy atom. The second kappa shape index (κ2) is 12.5. The average Bonchev–Trinajstić information content (AvgIpc) is 3.66. The molecule has 0 amide bonds. The standard InChI is InChI=1S/C56H34O/c1-2-17-36(18-3-1)52-41-21-6-12-27-47(41)55(48-28-13-7-22-42(48)52)50-31-15-30-49-39-33-32-37(34-51(39)57-56(49)50)53-43-23-8-10-25-45(43)54(46-26-11-9-24-44(46)53)40-29-14-19-35-16-4-5-20-38(35)40/h1-34H. The van der Waals surface area contributed by atoms with Gasteiger partial charge in [0.1, 0.15) is 11.2 Å². The number of furan rings is 1. The van der Waals surface area contributed by atoms with Crippen molar-refractivity contribution in [1.29, 1.82) is 0 Å². The van der Waals surface area contributed by atoms with Gasteiger partial charge in [-0.25, -0.2) is 0 Å². The van der Waals surface area contributed by atoms with Crippen LogP contribution in [0.25, 0.3) is 120 Å². The first-order valence-corrected chi connectivity index (χ1v) is 19.7. The highest BCUT2D eigenvalue weighted by Crippen LogP contribution is 2.49. The van der Waals surface area contributed by atoms with Gasteiger partial charge in [-0.15, -0.1) is 0 Å². The molecule has 12 aromatic rings. The van der Waals surface area contributed by atoms with Gasteiger partial charge in [-0.1, -0.05) is 194 Å². The zero-order chi connectivity index (χ0) is 37.5. The summed E-state index contributed by atoms with van der Waals surface area (Å²) in [6.07, 6.45) is 0. The number of para-hydroxylation sites is 1. The molecule has 264 valence electrons. The van der Waals surface area contributed by atoms with Crippen molar-refractivity contribution in [3.05, 3.63) is 206 Å². The maximum absolute atomic E-state index is 7.08. The molecule has 0 fully saturated rings. The van der Waals surface area contributed by atoms with E-state index < -0.39 is 0 Å². The van der Waals surface area contributed by atoms with Crippen LogP contribution in [0.1, 0.15) is 0 Å². The number of fused-ring (bicyclic) bond motifs is 8. The quantitative estimate of drug-likeness (QED) is 0.165. The first-order chi connectivity index (χ1) is 28.3. The molecule has 0 bridgehead atoms. The molecule has 0 aliphatic carbocycles. The van der Waals surface area contributed by atoms with E-state index in [1.54, 1.807) is 0 Å². The minimum atomic E-state index is 0.885. The predicted octanol–water partition coefficient (Wildman–Crippen LogP) is 16.0. The molecule has 0 saturated heterocycles. The van der Waals surface area contributed by atoms with Crippen LogP contribution in [-0.4, -0.2) is 0 Å². The topological polar surface area (TPSA) is 13.1 Å². The Morgan fingerprint density at radius 2 is 0.667 bits per heavy atom. The first kappa shape index (κ1) is 31.8. The molecule has 1 heteroatoms. The predicted molar refractivity (Wildman–Crippen MR) is 243 cm³/mol. The third-order valence-corrected chi connectivity index (χ3v) is 12.0. The van der Waals surface area contributed by atoms with Gasteiger partial charge in [-0.3, -0.25) is 0 Å². The highest BCUT2D eigenvalue weighted by Gasteiger charge is 2.22. The van der Waals surface area contributed by atoms with E-state index in [-0.39, 0.29) is 0 Å². The number of hydrogen-bond donors (Lipinski definition) is 0. The number of hydrogen-bond acceptors (Lipinski definition) is 1. The maximum Gasteiger partial charge on any atom is 0.143 e. The van der Waals surface area contributed by atoms with Crippen molar-refractivity contribution in [3.8, 4) is 44.5 Å². The summed E-state index contributed by atoms with van der Waals surface area (Å²) in [5.41, 5.74) is 11.5. The minimum absolute atomic E-state index is 0.885. The van der Waals surface area contributed by atoms with Gasteiger partial charge >= 0.3 is 0 Å². The van der Waals surface area contributed by atoms with Gasteiger partial charge in [0, 0.05) is 21.9 Å². The molecule has 0 aliphatic rings. The number of rotatable bonds is 4. The normalized spacial score (nSPS) is 11.9. The van der Waals surface area contributed by atoms with Crippen molar-refractivity contribution >= 4 is 75.8 Å².